The Bertz CT molecular complexity index is 1010. The largest absolute Gasteiger partial charge is 0.497 e. The molecule has 0 unspecified atom stereocenters. The third-order valence-corrected chi connectivity index (χ3v) is 5.04. The van der Waals surface area contributed by atoms with Gasteiger partial charge >= 0.3 is 0 Å². The van der Waals surface area contributed by atoms with E-state index in [0.717, 1.165) is 16.3 Å². The average molecular weight is 384 g/mol. The number of benzene rings is 1. The van der Waals surface area contributed by atoms with Gasteiger partial charge < -0.3 is 10.1 Å². The molecule has 0 aliphatic rings. The van der Waals surface area contributed by atoms with E-state index in [2.05, 4.69) is 15.4 Å². The van der Waals surface area contributed by atoms with Gasteiger partial charge in [-0.25, -0.2) is 9.67 Å². The van der Waals surface area contributed by atoms with Crippen molar-refractivity contribution < 1.29 is 9.53 Å². The van der Waals surface area contributed by atoms with E-state index in [0.29, 0.717) is 22.8 Å². The molecule has 2 heterocycles. The standard InChI is InChI=1S/C19H20N4O3S/c1-12-18(27-13(2)21-12)19(25)20-10-11-23-17(24)9-8-16(22-23)14-4-6-15(26-3)7-5-14/h4-9H,10-11H2,1-3H3,(H,20,25). The highest BCUT2D eigenvalue weighted by molar-refractivity contribution is 7.13. The van der Waals surface area contributed by atoms with E-state index in [9.17, 15) is 9.59 Å². The van der Waals surface area contributed by atoms with E-state index in [1.54, 1.807) is 13.2 Å². The van der Waals surface area contributed by atoms with Crippen molar-refractivity contribution in [2.75, 3.05) is 13.7 Å². The molecule has 0 aliphatic heterocycles. The van der Waals surface area contributed by atoms with Crippen LogP contribution in [0.2, 0.25) is 0 Å². The highest BCUT2D eigenvalue weighted by atomic mass is 32.1. The third kappa shape index (κ3) is 4.40. The Morgan fingerprint density at radius 2 is 1.93 bits per heavy atom. The molecule has 0 bridgehead atoms. The summed E-state index contributed by atoms with van der Waals surface area (Å²) in [5.74, 6) is 0.570. The molecule has 7 nitrogen and oxygen atoms in total. The maximum atomic E-state index is 12.2. The molecule has 0 fully saturated rings. The molecule has 27 heavy (non-hydrogen) atoms. The molecule has 1 N–H and O–H groups in total. The van der Waals surface area contributed by atoms with Gasteiger partial charge in [0.1, 0.15) is 10.6 Å². The predicted octanol–water partition coefficient (Wildman–Crippen LogP) is 2.42. The fraction of sp³-hybridized carbons (Fsp3) is 0.263. The first kappa shape index (κ1) is 18.8. The number of carbonyl (C=O) groups is 1. The summed E-state index contributed by atoms with van der Waals surface area (Å²) in [6.07, 6.45) is 0. The number of methoxy groups -OCH3 is 1. The Morgan fingerprint density at radius 3 is 2.56 bits per heavy atom. The van der Waals surface area contributed by atoms with Crippen LogP contribution in [0.5, 0.6) is 5.75 Å². The van der Waals surface area contributed by atoms with Crippen LogP contribution in [0.25, 0.3) is 11.3 Å². The van der Waals surface area contributed by atoms with Gasteiger partial charge in [0.25, 0.3) is 11.5 Å². The zero-order valence-electron chi connectivity index (χ0n) is 15.4. The maximum absolute atomic E-state index is 12.2. The van der Waals surface area contributed by atoms with Crippen LogP contribution in [0.4, 0.5) is 0 Å². The molecule has 1 aromatic carbocycles. The molecular formula is C19H20N4O3S. The van der Waals surface area contributed by atoms with Crippen LogP contribution in [0.3, 0.4) is 0 Å². The zero-order chi connectivity index (χ0) is 19.4. The van der Waals surface area contributed by atoms with E-state index in [4.69, 9.17) is 4.74 Å². The summed E-state index contributed by atoms with van der Waals surface area (Å²) in [5.41, 5.74) is 2.06. The van der Waals surface area contributed by atoms with Gasteiger partial charge in [0.15, 0.2) is 0 Å². The number of amides is 1. The minimum Gasteiger partial charge on any atom is -0.497 e. The monoisotopic (exact) mass is 384 g/mol. The highest BCUT2D eigenvalue weighted by Crippen LogP contribution is 2.19. The molecule has 2 aromatic heterocycles. The average Bonchev–Trinajstić information content (AvgIpc) is 3.01. The molecule has 0 radical (unpaired) electrons. The SMILES string of the molecule is COc1ccc(-c2ccc(=O)n(CCNC(=O)c3sc(C)nc3C)n2)cc1. The van der Waals surface area contributed by atoms with Gasteiger partial charge in [-0.2, -0.15) is 5.10 Å². The maximum Gasteiger partial charge on any atom is 0.266 e. The first-order valence-electron chi connectivity index (χ1n) is 8.43. The fourth-order valence-electron chi connectivity index (χ4n) is 2.62. The van der Waals surface area contributed by atoms with Gasteiger partial charge in [-0.15, -0.1) is 11.3 Å². The quantitative estimate of drug-likeness (QED) is 0.705. The number of hydrogen-bond acceptors (Lipinski definition) is 6. The molecule has 0 aliphatic carbocycles. The molecule has 1 amide bonds. The van der Waals surface area contributed by atoms with Crippen molar-refractivity contribution in [3.05, 3.63) is 62.3 Å². The van der Waals surface area contributed by atoms with Crippen LogP contribution in [0.15, 0.2) is 41.2 Å². The van der Waals surface area contributed by atoms with E-state index >= 15 is 0 Å². The van der Waals surface area contributed by atoms with E-state index in [-0.39, 0.29) is 18.0 Å². The second kappa shape index (κ2) is 8.13. The summed E-state index contributed by atoms with van der Waals surface area (Å²) in [7, 11) is 1.61. The van der Waals surface area contributed by atoms with Crippen molar-refractivity contribution in [2.24, 2.45) is 0 Å². The van der Waals surface area contributed by atoms with E-state index in [1.807, 2.05) is 38.1 Å². The van der Waals surface area contributed by atoms with Crippen molar-refractivity contribution >= 4 is 17.2 Å². The number of aryl methyl sites for hydroxylation is 2. The molecule has 0 atom stereocenters. The lowest BCUT2D eigenvalue weighted by Crippen LogP contribution is -2.31. The van der Waals surface area contributed by atoms with Gasteiger partial charge in [-0.3, -0.25) is 9.59 Å². The Labute approximate surface area is 160 Å². The normalized spacial score (nSPS) is 10.6. The van der Waals surface area contributed by atoms with Gasteiger partial charge in [0.05, 0.1) is 30.1 Å². The minimum absolute atomic E-state index is 0.183. The molecule has 3 aromatic rings. The number of hydrogen-bond donors (Lipinski definition) is 1. The summed E-state index contributed by atoms with van der Waals surface area (Å²) in [6.45, 7) is 4.25. The number of aromatic nitrogens is 3. The molecule has 0 spiro atoms. The number of rotatable bonds is 6. The molecule has 0 saturated heterocycles. The van der Waals surface area contributed by atoms with Gasteiger partial charge in [0.2, 0.25) is 0 Å². The topological polar surface area (TPSA) is 86.1 Å². The Kier molecular flexibility index (Phi) is 5.66. The third-order valence-electron chi connectivity index (χ3n) is 3.97. The number of nitrogens with one attached hydrogen (secondary N) is 1. The van der Waals surface area contributed by atoms with Gasteiger partial charge in [-0.1, -0.05) is 0 Å². The number of nitrogens with zero attached hydrogens (tertiary/aromatic N) is 3. The zero-order valence-corrected chi connectivity index (χ0v) is 16.2. The van der Waals surface area contributed by atoms with Crippen molar-refractivity contribution in [3.8, 4) is 17.0 Å². The minimum atomic E-state index is -0.216. The summed E-state index contributed by atoms with van der Waals surface area (Å²) in [6, 6.07) is 10.6. The number of ether oxygens (including phenoxy) is 1. The smallest absolute Gasteiger partial charge is 0.266 e. The molecular weight excluding hydrogens is 364 g/mol. The van der Waals surface area contributed by atoms with Crippen molar-refractivity contribution in [2.45, 2.75) is 20.4 Å². The predicted molar refractivity (Wildman–Crippen MR) is 104 cm³/mol. The molecule has 140 valence electrons. The van der Waals surface area contributed by atoms with Crippen molar-refractivity contribution in [1.29, 1.82) is 0 Å². The molecule has 8 heteroatoms. The first-order chi connectivity index (χ1) is 13.0. The lowest BCUT2D eigenvalue weighted by atomic mass is 10.1. The van der Waals surface area contributed by atoms with Crippen molar-refractivity contribution in [3.63, 3.8) is 0 Å². The Hall–Kier alpha value is -3.00. The summed E-state index contributed by atoms with van der Waals surface area (Å²) < 4.78 is 6.50. The van der Waals surface area contributed by atoms with E-state index in [1.165, 1.54) is 22.1 Å². The Balaban J connectivity index is 1.68. The second-order valence-electron chi connectivity index (χ2n) is 5.91. The summed E-state index contributed by atoms with van der Waals surface area (Å²) in [5, 5.41) is 8.06. The number of carbonyl (C=O) groups excluding carboxylic acids is 1. The van der Waals surface area contributed by atoms with Gasteiger partial charge in [0, 0.05) is 18.2 Å². The summed E-state index contributed by atoms with van der Waals surface area (Å²) >= 11 is 1.36. The van der Waals surface area contributed by atoms with Crippen LogP contribution >= 0.6 is 11.3 Å². The molecule has 0 saturated carbocycles. The van der Waals surface area contributed by atoms with Crippen LogP contribution < -0.4 is 15.6 Å². The van der Waals surface area contributed by atoms with Crippen LogP contribution in [0, 0.1) is 13.8 Å². The van der Waals surface area contributed by atoms with Gasteiger partial charge in [-0.05, 0) is 44.2 Å². The Morgan fingerprint density at radius 1 is 1.19 bits per heavy atom. The molecule has 3 rings (SSSR count). The highest BCUT2D eigenvalue weighted by Gasteiger charge is 2.13. The second-order valence-corrected chi connectivity index (χ2v) is 7.11. The fourth-order valence-corrected chi connectivity index (χ4v) is 3.46. The number of thiazole rings is 1. The van der Waals surface area contributed by atoms with E-state index < -0.39 is 0 Å². The lowest BCUT2D eigenvalue weighted by Gasteiger charge is -2.09. The van der Waals surface area contributed by atoms with Crippen LogP contribution in [-0.2, 0) is 6.54 Å². The first-order valence-corrected chi connectivity index (χ1v) is 9.24. The van der Waals surface area contributed by atoms with Crippen LogP contribution in [0.1, 0.15) is 20.4 Å². The summed E-state index contributed by atoms with van der Waals surface area (Å²) in [4.78, 5) is 29.2. The van der Waals surface area contributed by atoms with Crippen molar-refractivity contribution in [1.82, 2.24) is 20.1 Å². The van der Waals surface area contributed by atoms with Crippen LogP contribution in [-0.4, -0.2) is 34.3 Å². The lowest BCUT2D eigenvalue weighted by molar-refractivity contribution is 0.0955.